The maximum atomic E-state index is 6.35. The van der Waals surface area contributed by atoms with Gasteiger partial charge in [0.2, 0.25) is 0 Å². The lowest BCUT2D eigenvalue weighted by atomic mass is 9.97. The van der Waals surface area contributed by atoms with Gasteiger partial charge < -0.3 is 9.32 Å². The van der Waals surface area contributed by atoms with Crippen molar-refractivity contribution in [2.45, 2.75) is 0 Å². The highest BCUT2D eigenvalue weighted by atomic mass is 16.3. The van der Waals surface area contributed by atoms with E-state index in [9.17, 15) is 0 Å². The molecule has 0 fully saturated rings. The molecular formula is C46H32N4O. The van der Waals surface area contributed by atoms with Crippen molar-refractivity contribution in [3.05, 3.63) is 188 Å². The fourth-order valence-corrected chi connectivity index (χ4v) is 6.74. The van der Waals surface area contributed by atoms with Crippen molar-refractivity contribution in [3.63, 3.8) is 0 Å². The van der Waals surface area contributed by atoms with Crippen LogP contribution >= 0.6 is 0 Å². The Morgan fingerprint density at radius 2 is 1.06 bits per heavy atom. The zero-order valence-corrected chi connectivity index (χ0v) is 27.8. The molecule has 6 aromatic carbocycles. The van der Waals surface area contributed by atoms with Crippen molar-refractivity contribution in [2.24, 2.45) is 0 Å². The first-order valence-corrected chi connectivity index (χ1v) is 17.0. The molecule has 0 bridgehead atoms. The molecule has 1 aliphatic rings. The van der Waals surface area contributed by atoms with Crippen molar-refractivity contribution >= 4 is 44.5 Å². The molecule has 0 unspecified atom stereocenters. The summed E-state index contributed by atoms with van der Waals surface area (Å²) in [6, 6.07) is 51.6. The number of rotatable bonds is 5. The van der Waals surface area contributed by atoms with Crippen LogP contribution in [0.1, 0.15) is 11.1 Å². The van der Waals surface area contributed by atoms with Gasteiger partial charge in [-0.1, -0.05) is 122 Å². The van der Waals surface area contributed by atoms with Crippen LogP contribution in [0.4, 0.5) is 11.4 Å². The third kappa shape index (κ3) is 5.81. The molecule has 9 rings (SSSR count). The van der Waals surface area contributed by atoms with Gasteiger partial charge >= 0.3 is 0 Å². The van der Waals surface area contributed by atoms with E-state index in [1.807, 2.05) is 78.9 Å². The zero-order chi connectivity index (χ0) is 34.1. The number of allylic oxidation sites excluding steroid dienone is 4. The number of hydrogen-bond acceptors (Lipinski definition) is 5. The predicted molar refractivity (Wildman–Crippen MR) is 209 cm³/mol. The van der Waals surface area contributed by atoms with Crippen molar-refractivity contribution in [1.82, 2.24) is 15.0 Å². The highest BCUT2D eigenvalue weighted by molar-refractivity contribution is 6.07. The van der Waals surface area contributed by atoms with Crippen LogP contribution in [0.3, 0.4) is 0 Å². The van der Waals surface area contributed by atoms with E-state index in [1.165, 1.54) is 0 Å². The van der Waals surface area contributed by atoms with E-state index in [0.717, 1.165) is 72.3 Å². The highest BCUT2D eigenvalue weighted by Gasteiger charge is 2.18. The molecule has 5 nitrogen and oxygen atoms in total. The minimum Gasteiger partial charge on any atom is -0.456 e. The normalized spacial score (nSPS) is 14.7. The third-order valence-corrected chi connectivity index (χ3v) is 9.28. The Balaban J connectivity index is 1.14. The summed E-state index contributed by atoms with van der Waals surface area (Å²) in [5.74, 6) is 1.87. The van der Waals surface area contributed by atoms with Crippen LogP contribution in [-0.2, 0) is 0 Å². The van der Waals surface area contributed by atoms with E-state index in [4.69, 9.17) is 19.4 Å². The largest absolute Gasteiger partial charge is 0.456 e. The monoisotopic (exact) mass is 656 g/mol. The van der Waals surface area contributed by atoms with Gasteiger partial charge in [-0.15, -0.1) is 0 Å². The van der Waals surface area contributed by atoms with E-state index >= 15 is 0 Å². The summed E-state index contributed by atoms with van der Waals surface area (Å²) in [5.41, 5.74) is 10.9. The zero-order valence-electron chi connectivity index (χ0n) is 27.8. The van der Waals surface area contributed by atoms with Gasteiger partial charge in [-0.25, -0.2) is 15.0 Å². The van der Waals surface area contributed by atoms with Crippen LogP contribution in [-0.4, -0.2) is 21.5 Å². The number of hydrogen-bond donors (Lipinski definition) is 0. The molecule has 2 aromatic heterocycles. The first kappa shape index (κ1) is 30.2. The van der Waals surface area contributed by atoms with Gasteiger partial charge in [-0.3, -0.25) is 0 Å². The first-order chi connectivity index (χ1) is 25.2. The second-order valence-corrected chi connectivity index (χ2v) is 12.6. The quantitative estimate of drug-likeness (QED) is 0.184. The summed E-state index contributed by atoms with van der Waals surface area (Å²) in [6.45, 7) is 5.25. The van der Waals surface area contributed by atoms with Crippen LogP contribution in [0.25, 0.3) is 67.2 Å². The molecule has 5 heteroatoms. The molecule has 0 amide bonds. The molecule has 0 radical (unpaired) electrons. The fraction of sp³-hybridized carbons (Fsp3) is 0.0217. The molecule has 0 atom stereocenters. The molecule has 8 aromatic rings. The third-order valence-electron chi connectivity index (χ3n) is 9.28. The highest BCUT2D eigenvalue weighted by Crippen LogP contribution is 2.38. The molecule has 0 saturated heterocycles. The van der Waals surface area contributed by atoms with Crippen molar-refractivity contribution in [2.75, 3.05) is 11.4 Å². The summed E-state index contributed by atoms with van der Waals surface area (Å²) >= 11 is 0. The number of nitrogens with zero attached hydrogens (tertiary/aromatic N) is 4. The van der Waals surface area contributed by atoms with E-state index < -0.39 is 0 Å². The molecular weight excluding hydrogens is 625 g/mol. The minimum atomic E-state index is 0.606. The summed E-state index contributed by atoms with van der Waals surface area (Å²) < 4.78 is 6.35. The summed E-state index contributed by atoms with van der Waals surface area (Å²) in [7, 11) is 0. The molecule has 0 aliphatic carbocycles. The van der Waals surface area contributed by atoms with Gasteiger partial charge in [0, 0.05) is 50.9 Å². The Morgan fingerprint density at radius 3 is 1.71 bits per heavy atom. The number of para-hydroxylation sites is 2. The van der Waals surface area contributed by atoms with Crippen LogP contribution in [0.5, 0.6) is 0 Å². The molecule has 3 heterocycles. The van der Waals surface area contributed by atoms with Gasteiger partial charge in [0.05, 0.1) is 0 Å². The molecule has 1 aliphatic heterocycles. The molecule has 0 saturated carbocycles. The Labute approximate surface area is 296 Å². The minimum absolute atomic E-state index is 0.606. The number of fused-ring (bicyclic) bond motifs is 4. The standard InChI is InChI=1S/C46H32N4O/c1-31-28-34(18-13-27-50(37-19-9-4-10-20-37)41-22-12-11-21-38(31)41)35-23-25-42-39(29-35)40-30-36(24-26-43(40)51-42)46-48-44(32-14-5-2-6-15-32)47-45(49-46)33-16-7-3-8-17-33/h2-26,28-30H,1,27H2/b18-13-,34-28+. The van der Waals surface area contributed by atoms with Crippen molar-refractivity contribution < 1.29 is 4.42 Å². The van der Waals surface area contributed by atoms with Crippen LogP contribution in [0.15, 0.2) is 181 Å². The molecule has 242 valence electrons. The van der Waals surface area contributed by atoms with E-state index in [-0.39, 0.29) is 0 Å². The Bertz CT molecular complexity index is 2560. The molecule has 0 spiro atoms. The average molecular weight is 657 g/mol. The number of benzene rings is 6. The smallest absolute Gasteiger partial charge is 0.164 e. The Morgan fingerprint density at radius 1 is 0.529 bits per heavy atom. The van der Waals surface area contributed by atoms with Gasteiger partial charge in [-0.05, 0) is 71.3 Å². The number of furan rings is 1. The maximum Gasteiger partial charge on any atom is 0.164 e. The maximum absolute atomic E-state index is 6.35. The lowest BCUT2D eigenvalue weighted by molar-refractivity contribution is 0.669. The predicted octanol–water partition coefficient (Wildman–Crippen LogP) is 11.6. The first-order valence-electron chi connectivity index (χ1n) is 17.0. The molecule has 0 N–H and O–H groups in total. The summed E-state index contributed by atoms with van der Waals surface area (Å²) in [5, 5.41) is 2.02. The van der Waals surface area contributed by atoms with Crippen LogP contribution < -0.4 is 4.90 Å². The Kier molecular flexibility index (Phi) is 7.63. The van der Waals surface area contributed by atoms with Crippen LogP contribution in [0, 0.1) is 0 Å². The van der Waals surface area contributed by atoms with Crippen molar-refractivity contribution in [1.29, 1.82) is 0 Å². The Hall–Kier alpha value is -6.85. The second-order valence-electron chi connectivity index (χ2n) is 12.6. The summed E-state index contributed by atoms with van der Waals surface area (Å²) in [4.78, 5) is 17.1. The lowest BCUT2D eigenvalue weighted by Crippen LogP contribution is -2.17. The van der Waals surface area contributed by atoms with Gasteiger partial charge in [0.1, 0.15) is 11.2 Å². The van der Waals surface area contributed by atoms with Gasteiger partial charge in [-0.2, -0.15) is 0 Å². The molecule has 51 heavy (non-hydrogen) atoms. The summed E-state index contributed by atoms with van der Waals surface area (Å²) in [6.07, 6.45) is 6.60. The van der Waals surface area contributed by atoms with E-state index in [0.29, 0.717) is 24.0 Å². The fourth-order valence-electron chi connectivity index (χ4n) is 6.74. The van der Waals surface area contributed by atoms with Crippen LogP contribution in [0.2, 0.25) is 0 Å². The average Bonchev–Trinajstić information content (AvgIpc) is 3.59. The van der Waals surface area contributed by atoms with E-state index in [2.05, 4.69) is 103 Å². The van der Waals surface area contributed by atoms with Gasteiger partial charge in [0.15, 0.2) is 17.5 Å². The topological polar surface area (TPSA) is 55.1 Å². The second kappa shape index (κ2) is 12.9. The SMILES string of the molecule is C=C1/C=C(c2ccc3oc4ccc(-c5nc(-c6ccccc6)nc(-c6ccccc6)n5)cc4c3c2)\C=C/CN(c2ccccc2)c2ccccc21. The van der Waals surface area contributed by atoms with Crippen molar-refractivity contribution in [3.8, 4) is 34.2 Å². The number of aromatic nitrogens is 3. The number of anilines is 2. The lowest BCUT2D eigenvalue weighted by Gasteiger charge is -2.26. The van der Waals surface area contributed by atoms with Gasteiger partial charge in [0.25, 0.3) is 0 Å². The van der Waals surface area contributed by atoms with E-state index in [1.54, 1.807) is 0 Å².